The van der Waals surface area contributed by atoms with Crippen LogP contribution in [0.15, 0.2) is 12.4 Å². The van der Waals surface area contributed by atoms with Crippen LogP contribution in [0.5, 0.6) is 0 Å². The van der Waals surface area contributed by atoms with Crippen LogP contribution in [0.2, 0.25) is 0 Å². The molecule has 0 spiro atoms. The minimum absolute atomic E-state index is 0.0426. The number of carboxylic acids is 1. The Morgan fingerprint density at radius 3 is 3.19 bits per heavy atom. The molecule has 1 aromatic heterocycles. The highest BCUT2D eigenvalue weighted by Gasteiger charge is 2.24. The third kappa shape index (κ3) is 2.33. The second kappa shape index (κ2) is 4.52. The quantitative estimate of drug-likeness (QED) is 0.790. The number of morpholine rings is 1. The number of aromatic nitrogens is 2. The predicted octanol–water partition coefficient (Wildman–Crippen LogP) is 0.100. The molecule has 0 radical (unpaired) electrons. The fourth-order valence-corrected chi connectivity index (χ4v) is 1.88. The maximum absolute atomic E-state index is 10.6. The smallest absolute Gasteiger partial charge is 0.306 e. The Morgan fingerprint density at radius 1 is 1.75 bits per heavy atom. The van der Waals surface area contributed by atoms with Gasteiger partial charge in [-0.2, -0.15) is 0 Å². The molecule has 1 aliphatic heterocycles. The normalized spacial score (nSPS) is 21.1. The number of hydrogen-bond acceptors (Lipinski definition) is 4. The van der Waals surface area contributed by atoms with Gasteiger partial charge in [-0.25, -0.2) is 4.98 Å². The highest BCUT2D eigenvalue weighted by Crippen LogP contribution is 2.16. The molecule has 6 nitrogen and oxygen atoms in total. The first kappa shape index (κ1) is 10.9. The standard InChI is InChI=1S/C10H15N3O3/c1-12-3-2-11-10(12)13-4-5-16-8(7-13)6-9(14)15/h2-3,8H,4-7H2,1H3,(H,14,15). The Hall–Kier alpha value is -1.56. The Balaban J connectivity index is 2.02. The number of anilines is 1. The molecule has 0 saturated carbocycles. The molecule has 1 atom stereocenters. The maximum atomic E-state index is 10.6. The van der Waals surface area contributed by atoms with Gasteiger partial charge in [0.05, 0.1) is 19.1 Å². The van der Waals surface area contributed by atoms with Crippen LogP contribution in [0.1, 0.15) is 6.42 Å². The van der Waals surface area contributed by atoms with E-state index >= 15 is 0 Å². The summed E-state index contributed by atoms with van der Waals surface area (Å²) in [6, 6.07) is 0. The highest BCUT2D eigenvalue weighted by molar-refractivity contribution is 5.67. The molecule has 1 aliphatic rings. The van der Waals surface area contributed by atoms with Crippen molar-refractivity contribution in [2.75, 3.05) is 24.6 Å². The van der Waals surface area contributed by atoms with E-state index in [1.165, 1.54) is 0 Å². The van der Waals surface area contributed by atoms with Gasteiger partial charge < -0.3 is 19.3 Å². The lowest BCUT2D eigenvalue weighted by atomic mass is 10.2. The van der Waals surface area contributed by atoms with Crippen molar-refractivity contribution >= 4 is 11.9 Å². The lowest BCUT2D eigenvalue weighted by Crippen LogP contribution is -2.44. The van der Waals surface area contributed by atoms with E-state index in [2.05, 4.69) is 9.88 Å². The molecular formula is C10H15N3O3. The molecule has 16 heavy (non-hydrogen) atoms. The lowest BCUT2D eigenvalue weighted by Gasteiger charge is -2.32. The minimum Gasteiger partial charge on any atom is -0.481 e. The second-order valence-electron chi connectivity index (χ2n) is 3.87. The van der Waals surface area contributed by atoms with Gasteiger partial charge in [0.2, 0.25) is 5.95 Å². The largest absolute Gasteiger partial charge is 0.481 e. The Morgan fingerprint density at radius 2 is 2.56 bits per heavy atom. The van der Waals surface area contributed by atoms with Crippen molar-refractivity contribution in [3.05, 3.63) is 12.4 Å². The maximum Gasteiger partial charge on any atom is 0.306 e. The van der Waals surface area contributed by atoms with E-state index in [4.69, 9.17) is 9.84 Å². The molecule has 0 bridgehead atoms. The van der Waals surface area contributed by atoms with E-state index in [-0.39, 0.29) is 12.5 Å². The van der Waals surface area contributed by atoms with Crippen LogP contribution in [-0.4, -0.2) is 46.4 Å². The Kier molecular flexibility index (Phi) is 3.09. The molecule has 88 valence electrons. The van der Waals surface area contributed by atoms with Gasteiger partial charge in [-0.05, 0) is 0 Å². The SMILES string of the molecule is Cn1ccnc1N1CCOC(CC(=O)O)C1. The number of imidazole rings is 1. The number of carbonyl (C=O) groups is 1. The molecule has 1 N–H and O–H groups in total. The zero-order valence-corrected chi connectivity index (χ0v) is 9.17. The summed E-state index contributed by atoms with van der Waals surface area (Å²) < 4.78 is 7.32. The number of ether oxygens (including phenoxy) is 1. The first-order valence-corrected chi connectivity index (χ1v) is 5.22. The number of hydrogen-bond donors (Lipinski definition) is 1. The molecule has 6 heteroatoms. The van der Waals surface area contributed by atoms with Crippen molar-refractivity contribution in [3.8, 4) is 0 Å². The van der Waals surface area contributed by atoms with Crippen molar-refractivity contribution in [2.24, 2.45) is 7.05 Å². The molecule has 0 amide bonds. The molecule has 1 aromatic rings. The van der Waals surface area contributed by atoms with Gasteiger partial charge in [0, 0.05) is 32.5 Å². The van der Waals surface area contributed by atoms with Crippen LogP contribution in [-0.2, 0) is 16.6 Å². The third-order valence-electron chi connectivity index (χ3n) is 2.62. The first-order valence-electron chi connectivity index (χ1n) is 5.22. The van der Waals surface area contributed by atoms with Crippen molar-refractivity contribution < 1.29 is 14.6 Å². The predicted molar refractivity (Wildman–Crippen MR) is 57.4 cm³/mol. The minimum atomic E-state index is -0.827. The van der Waals surface area contributed by atoms with Crippen LogP contribution in [0.4, 0.5) is 5.95 Å². The van der Waals surface area contributed by atoms with Gasteiger partial charge in [0.15, 0.2) is 0 Å². The summed E-state index contributed by atoms with van der Waals surface area (Å²) in [5.41, 5.74) is 0. The highest BCUT2D eigenvalue weighted by atomic mass is 16.5. The fraction of sp³-hybridized carbons (Fsp3) is 0.600. The van der Waals surface area contributed by atoms with Gasteiger partial charge in [0.25, 0.3) is 0 Å². The van der Waals surface area contributed by atoms with E-state index in [9.17, 15) is 4.79 Å². The van der Waals surface area contributed by atoms with Gasteiger partial charge in [-0.3, -0.25) is 4.79 Å². The van der Waals surface area contributed by atoms with Crippen molar-refractivity contribution in [1.29, 1.82) is 0 Å². The van der Waals surface area contributed by atoms with E-state index in [0.717, 1.165) is 12.5 Å². The summed E-state index contributed by atoms with van der Waals surface area (Å²) in [5.74, 6) is 0.0328. The summed E-state index contributed by atoms with van der Waals surface area (Å²) in [5, 5.41) is 8.72. The number of nitrogens with zero attached hydrogens (tertiary/aromatic N) is 3. The van der Waals surface area contributed by atoms with Crippen LogP contribution >= 0.6 is 0 Å². The molecule has 1 unspecified atom stereocenters. The van der Waals surface area contributed by atoms with Gasteiger partial charge in [0.1, 0.15) is 0 Å². The zero-order valence-electron chi connectivity index (χ0n) is 9.17. The van der Waals surface area contributed by atoms with Crippen molar-refractivity contribution in [1.82, 2.24) is 9.55 Å². The van der Waals surface area contributed by atoms with Crippen LogP contribution < -0.4 is 4.90 Å². The van der Waals surface area contributed by atoms with Gasteiger partial charge in [-0.15, -0.1) is 0 Å². The summed E-state index contributed by atoms with van der Waals surface area (Å²) in [7, 11) is 1.92. The first-order chi connectivity index (χ1) is 7.66. The summed E-state index contributed by atoms with van der Waals surface area (Å²) in [6.07, 6.45) is 3.40. The van der Waals surface area contributed by atoms with Crippen LogP contribution in [0.25, 0.3) is 0 Å². The molecule has 0 aromatic carbocycles. The van der Waals surface area contributed by atoms with E-state index < -0.39 is 5.97 Å². The summed E-state index contributed by atoms with van der Waals surface area (Å²) in [4.78, 5) is 16.9. The van der Waals surface area contributed by atoms with Crippen molar-refractivity contribution in [2.45, 2.75) is 12.5 Å². The topological polar surface area (TPSA) is 67.6 Å². The zero-order chi connectivity index (χ0) is 11.5. The van der Waals surface area contributed by atoms with Crippen molar-refractivity contribution in [3.63, 3.8) is 0 Å². The van der Waals surface area contributed by atoms with Crippen LogP contribution in [0.3, 0.4) is 0 Å². The average molecular weight is 225 g/mol. The molecular weight excluding hydrogens is 210 g/mol. The van der Waals surface area contributed by atoms with Gasteiger partial charge in [-0.1, -0.05) is 0 Å². The number of aliphatic carboxylic acids is 1. The number of carboxylic acid groups (broad SMARTS) is 1. The number of aryl methyl sites for hydroxylation is 1. The molecule has 0 aliphatic carbocycles. The summed E-state index contributed by atoms with van der Waals surface area (Å²) >= 11 is 0. The molecule has 2 rings (SSSR count). The van der Waals surface area contributed by atoms with E-state index in [1.54, 1.807) is 6.20 Å². The van der Waals surface area contributed by atoms with Crippen LogP contribution in [0, 0.1) is 0 Å². The van der Waals surface area contributed by atoms with E-state index in [0.29, 0.717) is 13.2 Å². The second-order valence-corrected chi connectivity index (χ2v) is 3.87. The Bertz CT molecular complexity index is 377. The summed E-state index contributed by atoms with van der Waals surface area (Å²) in [6.45, 7) is 1.88. The van der Waals surface area contributed by atoms with E-state index in [1.807, 2.05) is 17.8 Å². The number of rotatable bonds is 3. The molecule has 2 heterocycles. The molecule has 1 fully saturated rings. The third-order valence-corrected chi connectivity index (χ3v) is 2.62. The molecule has 1 saturated heterocycles. The monoisotopic (exact) mass is 225 g/mol. The Labute approximate surface area is 93.4 Å². The fourth-order valence-electron chi connectivity index (χ4n) is 1.88. The average Bonchev–Trinajstić information content (AvgIpc) is 2.64. The van der Waals surface area contributed by atoms with Gasteiger partial charge >= 0.3 is 5.97 Å². The lowest BCUT2D eigenvalue weighted by molar-refractivity contribution is -0.140.